The summed E-state index contributed by atoms with van der Waals surface area (Å²) in [5, 5.41) is 39.6. The lowest BCUT2D eigenvalue weighted by Gasteiger charge is -2.40. The predicted octanol–water partition coefficient (Wildman–Crippen LogP) is 1.19. The molecule has 0 aliphatic carbocycles. The molecule has 1 aliphatic heterocycles. The van der Waals surface area contributed by atoms with Crippen molar-refractivity contribution < 1.29 is 29.9 Å². The van der Waals surface area contributed by atoms with Crippen LogP contribution in [0.25, 0.3) is 0 Å². The first-order valence-corrected chi connectivity index (χ1v) is 9.14. The highest BCUT2D eigenvalue weighted by atomic mass is 16.5. The number of benzene rings is 2. The Kier molecular flexibility index (Phi) is 6.46. The van der Waals surface area contributed by atoms with E-state index in [1.165, 1.54) is 0 Å². The van der Waals surface area contributed by atoms with Crippen LogP contribution in [0.15, 0.2) is 48.5 Å². The Morgan fingerprint density at radius 3 is 2.33 bits per heavy atom. The zero-order chi connectivity index (χ0) is 19.4. The summed E-state index contributed by atoms with van der Waals surface area (Å²) in [4.78, 5) is 0. The molecule has 1 aliphatic rings. The normalized spacial score (nSPS) is 28.1. The van der Waals surface area contributed by atoms with E-state index in [1.54, 1.807) is 6.07 Å². The van der Waals surface area contributed by atoms with Crippen LogP contribution in [-0.2, 0) is 11.2 Å². The van der Waals surface area contributed by atoms with Crippen molar-refractivity contribution >= 4 is 0 Å². The summed E-state index contributed by atoms with van der Waals surface area (Å²) in [5.41, 5.74) is 2.83. The van der Waals surface area contributed by atoms with Crippen molar-refractivity contribution in [3.8, 4) is 5.75 Å². The third-order valence-corrected chi connectivity index (χ3v) is 4.81. The van der Waals surface area contributed by atoms with E-state index in [9.17, 15) is 20.4 Å². The van der Waals surface area contributed by atoms with Crippen LogP contribution >= 0.6 is 0 Å². The van der Waals surface area contributed by atoms with E-state index < -0.39 is 37.1 Å². The summed E-state index contributed by atoms with van der Waals surface area (Å²) in [5.74, 6) is 0.830. The summed E-state index contributed by atoms with van der Waals surface area (Å²) < 4.78 is 11.1. The van der Waals surface area contributed by atoms with Gasteiger partial charge in [0.2, 0.25) is 0 Å². The molecule has 2 aromatic rings. The summed E-state index contributed by atoms with van der Waals surface area (Å²) >= 11 is 0. The number of aliphatic hydroxyl groups is 4. The lowest BCUT2D eigenvalue weighted by molar-refractivity contribution is -0.231. The van der Waals surface area contributed by atoms with Crippen LogP contribution < -0.4 is 4.74 Å². The molecular weight excluding hydrogens is 348 g/mol. The average Bonchev–Trinajstić information content (AvgIpc) is 2.68. The Hall–Kier alpha value is -1.96. The van der Waals surface area contributed by atoms with E-state index >= 15 is 0 Å². The first-order valence-electron chi connectivity index (χ1n) is 9.14. The molecule has 6 nitrogen and oxygen atoms in total. The largest absolute Gasteiger partial charge is 0.494 e. The Balaban J connectivity index is 1.76. The summed E-state index contributed by atoms with van der Waals surface area (Å²) in [6.45, 7) is 2.13. The zero-order valence-electron chi connectivity index (χ0n) is 15.2. The Morgan fingerprint density at radius 2 is 1.67 bits per heavy atom. The molecule has 2 aromatic carbocycles. The summed E-state index contributed by atoms with van der Waals surface area (Å²) in [6, 6.07) is 15.4. The second kappa shape index (κ2) is 8.82. The fraction of sp³-hybridized carbons (Fsp3) is 0.429. The van der Waals surface area contributed by atoms with Crippen molar-refractivity contribution in [1.82, 2.24) is 0 Å². The highest BCUT2D eigenvalue weighted by molar-refractivity contribution is 5.34. The number of rotatable bonds is 6. The maximum Gasteiger partial charge on any atom is 0.119 e. The lowest BCUT2D eigenvalue weighted by Crippen LogP contribution is -2.55. The standard InChI is InChI=1S/C21H26O6/c1-2-26-16-8-6-13(7-9-16)10-14-4-3-5-15(11-14)21-20(25)19(24)18(23)17(12-22)27-21/h3-9,11,17-25H,2,10,12H2,1H3/t17-,18-,19+,20-,21-/m1/s1. The van der Waals surface area contributed by atoms with Crippen LogP contribution in [0.1, 0.15) is 29.7 Å². The molecule has 5 atom stereocenters. The van der Waals surface area contributed by atoms with Crippen LogP contribution in [0.4, 0.5) is 0 Å². The third kappa shape index (κ3) is 4.48. The van der Waals surface area contributed by atoms with Gasteiger partial charge in [0.15, 0.2) is 0 Å². The second-order valence-corrected chi connectivity index (χ2v) is 6.75. The van der Waals surface area contributed by atoms with E-state index in [0.29, 0.717) is 18.6 Å². The van der Waals surface area contributed by atoms with E-state index in [0.717, 1.165) is 16.9 Å². The molecule has 27 heavy (non-hydrogen) atoms. The van der Waals surface area contributed by atoms with Gasteiger partial charge in [-0.3, -0.25) is 0 Å². The molecular formula is C21H26O6. The number of hydrogen-bond acceptors (Lipinski definition) is 6. The maximum absolute atomic E-state index is 10.3. The molecule has 0 spiro atoms. The van der Waals surface area contributed by atoms with Crippen LogP contribution in [0.5, 0.6) is 5.75 Å². The molecule has 146 valence electrons. The van der Waals surface area contributed by atoms with Gasteiger partial charge in [-0.05, 0) is 42.2 Å². The predicted molar refractivity (Wildman–Crippen MR) is 99.6 cm³/mol. The topological polar surface area (TPSA) is 99.4 Å². The molecule has 0 aromatic heterocycles. The van der Waals surface area contributed by atoms with Gasteiger partial charge in [0.1, 0.15) is 36.3 Å². The van der Waals surface area contributed by atoms with Gasteiger partial charge in [-0.2, -0.15) is 0 Å². The van der Waals surface area contributed by atoms with Gasteiger partial charge in [0, 0.05) is 0 Å². The Labute approximate surface area is 158 Å². The monoisotopic (exact) mass is 374 g/mol. The van der Waals surface area contributed by atoms with Crippen molar-refractivity contribution in [2.24, 2.45) is 0 Å². The highest BCUT2D eigenvalue weighted by Gasteiger charge is 2.43. The fourth-order valence-electron chi connectivity index (χ4n) is 3.36. The Morgan fingerprint density at radius 1 is 0.926 bits per heavy atom. The van der Waals surface area contributed by atoms with Gasteiger partial charge in [0.05, 0.1) is 13.2 Å². The van der Waals surface area contributed by atoms with E-state index in [-0.39, 0.29) is 0 Å². The van der Waals surface area contributed by atoms with Gasteiger partial charge < -0.3 is 29.9 Å². The van der Waals surface area contributed by atoms with Gasteiger partial charge in [-0.1, -0.05) is 36.4 Å². The quantitative estimate of drug-likeness (QED) is 0.606. The van der Waals surface area contributed by atoms with E-state index in [4.69, 9.17) is 9.47 Å². The minimum atomic E-state index is -1.38. The molecule has 3 rings (SSSR count). The molecule has 0 bridgehead atoms. The van der Waals surface area contributed by atoms with Crippen LogP contribution in [0, 0.1) is 0 Å². The molecule has 1 heterocycles. The van der Waals surface area contributed by atoms with E-state index in [2.05, 4.69) is 0 Å². The molecule has 1 saturated heterocycles. The molecule has 6 heteroatoms. The minimum Gasteiger partial charge on any atom is -0.494 e. The van der Waals surface area contributed by atoms with Crippen molar-refractivity contribution in [3.05, 3.63) is 65.2 Å². The lowest BCUT2D eigenvalue weighted by atomic mass is 9.90. The zero-order valence-corrected chi connectivity index (χ0v) is 15.2. The Bertz CT molecular complexity index is 730. The number of hydrogen-bond donors (Lipinski definition) is 4. The van der Waals surface area contributed by atoms with Crippen molar-refractivity contribution in [1.29, 1.82) is 0 Å². The number of aliphatic hydroxyl groups excluding tert-OH is 4. The molecule has 1 fully saturated rings. The van der Waals surface area contributed by atoms with Crippen LogP contribution in [0.3, 0.4) is 0 Å². The molecule has 0 radical (unpaired) electrons. The molecule has 4 N–H and O–H groups in total. The highest BCUT2D eigenvalue weighted by Crippen LogP contribution is 2.33. The second-order valence-electron chi connectivity index (χ2n) is 6.75. The van der Waals surface area contributed by atoms with Crippen molar-refractivity contribution in [2.75, 3.05) is 13.2 Å². The average molecular weight is 374 g/mol. The van der Waals surface area contributed by atoms with Gasteiger partial charge in [-0.15, -0.1) is 0 Å². The van der Waals surface area contributed by atoms with Crippen LogP contribution in [0.2, 0.25) is 0 Å². The van der Waals surface area contributed by atoms with Gasteiger partial charge in [-0.25, -0.2) is 0 Å². The molecule has 0 unspecified atom stereocenters. The first-order chi connectivity index (χ1) is 13.0. The van der Waals surface area contributed by atoms with Crippen LogP contribution in [-0.4, -0.2) is 58.1 Å². The third-order valence-electron chi connectivity index (χ3n) is 4.81. The fourth-order valence-corrected chi connectivity index (χ4v) is 3.36. The maximum atomic E-state index is 10.3. The molecule has 0 amide bonds. The number of ether oxygens (including phenoxy) is 2. The van der Waals surface area contributed by atoms with E-state index in [1.807, 2.05) is 49.4 Å². The van der Waals surface area contributed by atoms with Crippen molar-refractivity contribution in [3.63, 3.8) is 0 Å². The molecule has 0 saturated carbocycles. The first kappa shape index (κ1) is 19.8. The summed E-state index contributed by atoms with van der Waals surface area (Å²) in [7, 11) is 0. The smallest absolute Gasteiger partial charge is 0.119 e. The SMILES string of the molecule is CCOc1ccc(Cc2cccc([C@H]3O[C@H](CO)[C@@H](O)[C@H](O)[C@H]3O)c2)cc1. The summed E-state index contributed by atoms with van der Waals surface area (Å²) in [6.07, 6.45) is -5.05. The van der Waals surface area contributed by atoms with Crippen molar-refractivity contribution in [2.45, 2.75) is 43.9 Å². The minimum absolute atomic E-state index is 0.437. The van der Waals surface area contributed by atoms with Gasteiger partial charge in [0.25, 0.3) is 0 Å². The van der Waals surface area contributed by atoms with Gasteiger partial charge >= 0.3 is 0 Å².